The highest BCUT2D eigenvalue weighted by molar-refractivity contribution is 9.10. The van der Waals surface area contributed by atoms with E-state index in [4.69, 9.17) is 10.5 Å². The number of nitrogens with two attached hydrogens (primary N) is 1. The lowest BCUT2D eigenvalue weighted by Gasteiger charge is -2.13. The van der Waals surface area contributed by atoms with Gasteiger partial charge in [0.25, 0.3) is 0 Å². The van der Waals surface area contributed by atoms with Crippen LogP contribution in [0.3, 0.4) is 0 Å². The standard InChI is InChI=1S/C17H17BrN2O/c1-11-17(18)14-5-3-4-6-15(14)20(11)10-12-7-8-13(19)9-16(12)21-2/h3-9H,10,19H2,1-2H3. The van der Waals surface area contributed by atoms with Gasteiger partial charge in [0, 0.05) is 38.4 Å². The molecule has 1 aromatic heterocycles. The average Bonchev–Trinajstić information content (AvgIpc) is 2.74. The Labute approximate surface area is 132 Å². The highest BCUT2D eigenvalue weighted by atomic mass is 79.9. The van der Waals surface area contributed by atoms with Gasteiger partial charge < -0.3 is 15.0 Å². The third-order valence-electron chi connectivity index (χ3n) is 3.79. The number of halogens is 1. The molecular weight excluding hydrogens is 328 g/mol. The third-order valence-corrected chi connectivity index (χ3v) is 4.79. The summed E-state index contributed by atoms with van der Waals surface area (Å²) in [4.78, 5) is 0. The Bertz CT molecular complexity index is 808. The first kappa shape index (κ1) is 14.0. The van der Waals surface area contributed by atoms with Crippen LogP contribution < -0.4 is 10.5 Å². The summed E-state index contributed by atoms with van der Waals surface area (Å²) >= 11 is 3.69. The maximum Gasteiger partial charge on any atom is 0.125 e. The van der Waals surface area contributed by atoms with E-state index in [0.717, 1.165) is 22.3 Å². The molecule has 108 valence electrons. The van der Waals surface area contributed by atoms with Crippen molar-refractivity contribution in [2.75, 3.05) is 12.8 Å². The van der Waals surface area contributed by atoms with E-state index in [1.165, 1.54) is 16.6 Å². The fourth-order valence-electron chi connectivity index (χ4n) is 2.65. The SMILES string of the molecule is COc1cc(N)ccc1Cn1c(C)c(Br)c2ccccc21. The van der Waals surface area contributed by atoms with Crippen LogP contribution in [0.2, 0.25) is 0 Å². The number of fused-ring (bicyclic) bond motifs is 1. The van der Waals surface area contributed by atoms with Gasteiger partial charge in [-0.3, -0.25) is 0 Å². The fraction of sp³-hybridized carbons (Fsp3) is 0.176. The first-order valence-electron chi connectivity index (χ1n) is 6.77. The minimum atomic E-state index is 0.714. The summed E-state index contributed by atoms with van der Waals surface area (Å²) in [6, 6.07) is 14.2. The summed E-state index contributed by atoms with van der Waals surface area (Å²) in [5, 5.41) is 1.23. The number of benzene rings is 2. The summed E-state index contributed by atoms with van der Waals surface area (Å²) in [6.07, 6.45) is 0. The molecular formula is C17H17BrN2O. The molecule has 0 aliphatic carbocycles. The molecule has 0 saturated carbocycles. The highest BCUT2D eigenvalue weighted by Crippen LogP contribution is 2.32. The Morgan fingerprint density at radius 2 is 1.95 bits per heavy atom. The van der Waals surface area contributed by atoms with Gasteiger partial charge >= 0.3 is 0 Å². The van der Waals surface area contributed by atoms with Crippen LogP contribution in [0.5, 0.6) is 5.75 Å². The Morgan fingerprint density at radius 1 is 1.19 bits per heavy atom. The van der Waals surface area contributed by atoms with Crippen LogP contribution in [-0.4, -0.2) is 11.7 Å². The average molecular weight is 345 g/mol. The van der Waals surface area contributed by atoms with Gasteiger partial charge in [0.1, 0.15) is 5.75 Å². The number of ether oxygens (including phenoxy) is 1. The van der Waals surface area contributed by atoms with Gasteiger partial charge in [0.05, 0.1) is 13.7 Å². The molecule has 4 heteroatoms. The van der Waals surface area contributed by atoms with Crippen molar-refractivity contribution in [2.24, 2.45) is 0 Å². The molecule has 0 amide bonds. The molecule has 1 heterocycles. The third kappa shape index (κ3) is 2.40. The van der Waals surface area contributed by atoms with Crippen molar-refractivity contribution >= 4 is 32.5 Å². The van der Waals surface area contributed by atoms with Crippen molar-refractivity contribution in [1.82, 2.24) is 4.57 Å². The first-order valence-corrected chi connectivity index (χ1v) is 7.57. The van der Waals surface area contributed by atoms with E-state index in [0.29, 0.717) is 5.69 Å². The molecule has 3 nitrogen and oxygen atoms in total. The molecule has 0 unspecified atom stereocenters. The number of hydrogen-bond donors (Lipinski definition) is 1. The molecule has 21 heavy (non-hydrogen) atoms. The van der Waals surface area contributed by atoms with Crippen molar-refractivity contribution in [1.29, 1.82) is 0 Å². The van der Waals surface area contributed by atoms with Crippen LogP contribution in [0.15, 0.2) is 46.9 Å². The smallest absolute Gasteiger partial charge is 0.125 e. The van der Waals surface area contributed by atoms with Crippen LogP contribution in [0.25, 0.3) is 10.9 Å². The predicted octanol–water partition coefficient (Wildman–Crippen LogP) is 4.35. The molecule has 0 aliphatic rings. The van der Waals surface area contributed by atoms with Gasteiger partial charge in [-0.15, -0.1) is 0 Å². The van der Waals surface area contributed by atoms with Gasteiger partial charge in [0.15, 0.2) is 0 Å². The molecule has 0 saturated heterocycles. The normalized spacial score (nSPS) is 11.0. The molecule has 3 rings (SSSR count). The summed E-state index contributed by atoms with van der Waals surface area (Å²) < 4.78 is 8.88. The minimum absolute atomic E-state index is 0.714. The Morgan fingerprint density at radius 3 is 2.71 bits per heavy atom. The molecule has 0 fully saturated rings. The Kier molecular flexibility index (Phi) is 3.64. The maximum atomic E-state index is 5.83. The zero-order valence-corrected chi connectivity index (χ0v) is 13.6. The van der Waals surface area contributed by atoms with E-state index in [9.17, 15) is 0 Å². The van der Waals surface area contributed by atoms with Gasteiger partial charge in [0.2, 0.25) is 0 Å². The van der Waals surface area contributed by atoms with Gasteiger partial charge in [-0.2, -0.15) is 0 Å². The molecule has 0 bridgehead atoms. The zero-order chi connectivity index (χ0) is 15.0. The Balaban J connectivity index is 2.13. The van der Waals surface area contributed by atoms with E-state index in [2.05, 4.69) is 51.7 Å². The lowest BCUT2D eigenvalue weighted by molar-refractivity contribution is 0.409. The second-order valence-corrected chi connectivity index (χ2v) is 5.87. The number of aromatic nitrogens is 1. The molecule has 2 N–H and O–H groups in total. The van der Waals surface area contributed by atoms with Crippen LogP contribution >= 0.6 is 15.9 Å². The van der Waals surface area contributed by atoms with E-state index in [1.807, 2.05) is 18.2 Å². The number of para-hydroxylation sites is 1. The van der Waals surface area contributed by atoms with E-state index < -0.39 is 0 Å². The lowest BCUT2D eigenvalue weighted by Crippen LogP contribution is -2.04. The summed E-state index contributed by atoms with van der Waals surface area (Å²) in [7, 11) is 1.68. The lowest BCUT2D eigenvalue weighted by atomic mass is 10.1. The molecule has 2 aromatic carbocycles. The van der Waals surface area contributed by atoms with Crippen LogP contribution in [0.1, 0.15) is 11.3 Å². The monoisotopic (exact) mass is 344 g/mol. The number of rotatable bonds is 3. The van der Waals surface area contributed by atoms with Gasteiger partial charge in [-0.1, -0.05) is 24.3 Å². The van der Waals surface area contributed by atoms with Crippen molar-refractivity contribution < 1.29 is 4.74 Å². The molecule has 3 aromatic rings. The summed E-state index contributed by atoms with van der Waals surface area (Å²) in [6.45, 7) is 2.87. The molecule has 0 spiro atoms. The first-order chi connectivity index (χ1) is 10.1. The quantitative estimate of drug-likeness (QED) is 0.717. The second kappa shape index (κ2) is 5.45. The maximum absolute atomic E-state index is 5.83. The number of methoxy groups -OCH3 is 1. The van der Waals surface area contributed by atoms with Gasteiger partial charge in [-0.05, 0) is 35.0 Å². The second-order valence-electron chi connectivity index (χ2n) is 5.07. The number of nitrogen functional groups attached to an aromatic ring is 1. The van der Waals surface area contributed by atoms with Crippen molar-refractivity contribution in [3.8, 4) is 5.75 Å². The largest absolute Gasteiger partial charge is 0.496 e. The fourth-order valence-corrected chi connectivity index (χ4v) is 3.20. The van der Waals surface area contributed by atoms with Crippen molar-refractivity contribution in [3.05, 3.63) is 58.2 Å². The minimum Gasteiger partial charge on any atom is -0.496 e. The molecule has 0 radical (unpaired) electrons. The topological polar surface area (TPSA) is 40.2 Å². The van der Waals surface area contributed by atoms with E-state index >= 15 is 0 Å². The molecule has 0 aliphatic heterocycles. The molecule has 0 atom stereocenters. The summed E-state index contributed by atoms with van der Waals surface area (Å²) in [5.74, 6) is 0.823. The summed E-state index contributed by atoms with van der Waals surface area (Å²) in [5.41, 5.74) is 10.1. The predicted molar refractivity (Wildman–Crippen MR) is 90.9 cm³/mol. The van der Waals surface area contributed by atoms with Gasteiger partial charge in [-0.25, -0.2) is 0 Å². The van der Waals surface area contributed by atoms with Crippen molar-refractivity contribution in [2.45, 2.75) is 13.5 Å². The number of hydrogen-bond acceptors (Lipinski definition) is 2. The number of nitrogens with zero attached hydrogens (tertiary/aromatic N) is 1. The zero-order valence-electron chi connectivity index (χ0n) is 12.1. The van der Waals surface area contributed by atoms with Crippen LogP contribution in [-0.2, 0) is 6.54 Å². The van der Waals surface area contributed by atoms with E-state index in [1.54, 1.807) is 7.11 Å². The van der Waals surface area contributed by atoms with E-state index in [-0.39, 0.29) is 0 Å². The Hall–Kier alpha value is -1.94. The number of anilines is 1. The van der Waals surface area contributed by atoms with Crippen molar-refractivity contribution in [3.63, 3.8) is 0 Å². The highest BCUT2D eigenvalue weighted by Gasteiger charge is 2.13. The van der Waals surface area contributed by atoms with Crippen LogP contribution in [0, 0.1) is 6.92 Å². The van der Waals surface area contributed by atoms with Crippen LogP contribution in [0.4, 0.5) is 5.69 Å².